The average Bonchev–Trinajstić information content (AvgIpc) is 2.39. The highest BCUT2D eigenvalue weighted by molar-refractivity contribution is 9.10. The van der Waals surface area contributed by atoms with Gasteiger partial charge >= 0.3 is 0 Å². The van der Waals surface area contributed by atoms with Crippen LogP contribution in [0.2, 0.25) is 0 Å². The van der Waals surface area contributed by atoms with E-state index in [9.17, 15) is 4.21 Å². The lowest BCUT2D eigenvalue weighted by Gasteiger charge is -2.14. The molecule has 100 valence electrons. The van der Waals surface area contributed by atoms with Gasteiger partial charge in [-0.2, -0.15) is 0 Å². The van der Waals surface area contributed by atoms with Crippen molar-refractivity contribution in [3.63, 3.8) is 0 Å². The highest BCUT2D eigenvalue weighted by Gasteiger charge is 2.13. The van der Waals surface area contributed by atoms with E-state index in [0.717, 1.165) is 20.5 Å². The van der Waals surface area contributed by atoms with Gasteiger partial charge in [-0.05, 0) is 36.2 Å². The van der Waals surface area contributed by atoms with Crippen LogP contribution in [0.3, 0.4) is 0 Å². The van der Waals surface area contributed by atoms with Crippen molar-refractivity contribution in [3.05, 3.63) is 64.1 Å². The van der Waals surface area contributed by atoms with E-state index in [1.807, 2.05) is 55.5 Å². The minimum absolute atomic E-state index is 0.207. The van der Waals surface area contributed by atoms with E-state index in [-0.39, 0.29) is 6.04 Å². The van der Waals surface area contributed by atoms with Crippen molar-refractivity contribution >= 4 is 26.7 Å². The number of halogens is 1. The Labute approximate surface area is 124 Å². The quantitative estimate of drug-likeness (QED) is 0.926. The molecule has 2 aromatic carbocycles. The first-order chi connectivity index (χ1) is 9.08. The minimum atomic E-state index is -1.09. The molecule has 0 spiro atoms. The Hall–Kier alpha value is -0.970. The summed E-state index contributed by atoms with van der Waals surface area (Å²) in [6.07, 6.45) is 0. The molecule has 19 heavy (non-hydrogen) atoms. The standard InChI is InChI=1S/C15H16BrNOS/c1-11-5-2-3-8-14(11)15(17)10-19(18)13-7-4-6-12(16)9-13/h2-9,15H,10,17H2,1H3. The summed E-state index contributed by atoms with van der Waals surface area (Å²) >= 11 is 3.39. The van der Waals surface area contributed by atoms with Crippen LogP contribution in [0.4, 0.5) is 0 Å². The second-order valence-electron chi connectivity index (χ2n) is 4.43. The van der Waals surface area contributed by atoms with E-state index < -0.39 is 10.8 Å². The predicted molar refractivity (Wildman–Crippen MR) is 83.5 cm³/mol. The van der Waals surface area contributed by atoms with Crippen LogP contribution in [0.1, 0.15) is 17.2 Å². The normalized spacial score (nSPS) is 14.1. The summed E-state index contributed by atoms with van der Waals surface area (Å²) < 4.78 is 13.2. The molecule has 0 amide bonds. The van der Waals surface area contributed by atoms with Gasteiger partial charge in [-0.25, -0.2) is 0 Å². The zero-order valence-corrected chi connectivity index (χ0v) is 13.1. The fourth-order valence-corrected chi connectivity index (χ4v) is 3.70. The smallest absolute Gasteiger partial charge is 0.0549 e. The Morgan fingerprint density at radius 2 is 1.95 bits per heavy atom. The Kier molecular flexibility index (Phi) is 4.91. The van der Waals surface area contributed by atoms with Crippen molar-refractivity contribution < 1.29 is 4.21 Å². The van der Waals surface area contributed by atoms with Gasteiger partial charge < -0.3 is 5.73 Å². The van der Waals surface area contributed by atoms with Gasteiger partial charge in [0.25, 0.3) is 0 Å². The zero-order valence-electron chi connectivity index (χ0n) is 10.7. The van der Waals surface area contributed by atoms with E-state index in [4.69, 9.17) is 5.73 Å². The molecule has 0 fully saturated rings. The molecule has 2 unspecified atom stereocenters. The summed E-state index contributed by atoms with van der Waals surface area (Å²) in [5, 5.41) is 0. The monoisotopic (exact) mass is 337 g/mol. The molecule has 4 heteroatoms. The number of aryl methyl sites for hydroxylation is 1. The Balaban J connectivity index is 2.13. The fourth-order valence-electron chi connectivity index (χ4n) is 1.96. The fraction of sp³-hybridized carbons (Fsp3) is 0.200. The Bertz CT molecular complexity index is 600. The molecule has 0 radical (unpaired) electrons. The molecular formula is C15H16BrNOS. The molecule has 0 aliphatic heterocycles. The van der Waals surface area contributed by atoms with Crippen LogP contribution in [0.5, 0.6) is 0 Å². The molecule has 0 saturated heterocycles. The molecule has 0 bridgehead atoms. The van der Waals surface area contributed by atoms with Gasteiger partial charge in [0.2, 0.25) is 0 Å². The van der Waals surface area contributed by atoms with E-state index >= 15 is 0 Å². The van der Waals surface area contributed by atoms with Gasteiger partial charge in [0.05, 0.1) is 10.8 Å². The number of hydrogen-bond donors (Lipinski definition) is 1. The minimum Gasteiger partial charge on any atom is -0.323 e. The van der Waals surface area contributed by atoms with E-state index in [2.05, 4.69) is 15.9 Å². The van der Waals surface area contributed by atoms with Crippen LogP contribution < -0.4 is 5.73 Å². The van der Waals surface area contributed by atoms with Crippen molar-refractivity contribution in [2.24, 2.45) is 5.73 Å². The molecule has 0 aliphatic carbocycles. The number of hydrogen-bond acceptors (Lipinski definition) is 2. The number of rotatable bonds is 4. The van der Waals surface area contributed by atoms with Gasteiger partial charge in [0, 0.05) is 21.2 Å². The van der Waals surface area contributed by atoms with Crippen LogP contribution in [0, 0.1) is 6.92 Å². The average molecular weight is 338 g/mol. The maximum atomic E-state index is 12.3. The van der Waals surface area contributed by atoms with Crippen molar-refractivity contribution in [2.45, 2.75) is 17.9 Å². The lowest BCUT2D eigenvalue weighted by molar-refractivity contribution is 0.675. The third-order valence-corrected chi connectivity index (χ3v) is 4.91. The second-order valence-corrected chi connectivity index (χ2v) is 6.84. The Morgan fingerprint density at radius 1 is 1.21 bits per heavy atom. The Morgan fingerprint density at radius 3 is 2.63 bits per heavy atom. The van der Waals surface area contributed by atoms with Crippen molar-refractivity contribution in [1.29, 1.82) is 0 Å². The molecular weight excluding hydrogens is 322 g/mol. The van der Waals surface area contributed by atoms with Gasteiger partial charge in [-0.3, -0.25) is 4.21 Å². The molecule has 2 aromatic rings. The van der Waals surface area contributed by atoms with Gasteiger partial charge in [0.15, 0.2) is 0 Å². The first-order valence-electron chi connectivity index (χ1n) is 6.03. The summed E-state index contributed by atoms with van der Waals surface area (Å²) in [5.41, 5.74) is 8.37. The highest BCUT2D eigenvalue weighted by atomic mass is 79.9. The SMILES string of the molecule is Cc1ccccc1C(N)CS(=O)c1cccc(Br)c1. The number of benzene rings is 2. The zero-order chi connectivity index (χ0) is 13.8. The van der Waals surface area contributed by atoms with Crippen LogP contribution >= 0.6 is 15.9 Å². The predicted octanol–water partition coefficient (Wildman–Crippen LogP) is 3.57. The summed E-state index contributed by atoms with van der Waals surface area (Å²) in [7, 11) is -1.09. The molecule has 2 atom stereocenters. The summed E-state index contributed by atoms with van der Waals surface area (Å²) in [5.74, 6) is 0.432. The lowest BCUT2D eigenvalue weighted by Crippen LogP contribution is -2.19. The van der Waals surface area contributed by atoms with Gasteiger partial charge in [-0.15, -0.1) is 0 Å². The maximum Gasteiger partial charge on any atom is 0.0549 e. The third-order valence-electron chi connectivity index (χ3n) is 2.98. The highest BCUT2D eigenvalue weighted by Crippen LogP contribution is 2.20. The van der Waals surface area contributed by atoms with Crippen LogP contribution in [0.25, 0.3) is 0 Å². The molecule has 2 rings (SSSR count). The third kappa shape index (κ3) is 3.75. The first kappa shape index (κ1) is 14.4. The van der Waals surface area contributed by atoms with Gasteiger partial charge in [-0.1, -0.05) is 46.3 Å². The van der Waals surface area contributed by atoms with E-state index in [0.29, 0.717) is 5.75 Å². The van der Waals surface area contributed by atoms with Crippen LogP contribution in [-0.2, 0) is 10.8 Å². The second kappa shape index (κ2) is 6.46. The summed E-state index contributed by atoms with van der Waals surface area (Å²) in [4.78, 5) is 0.804. The molecule has 2 N–H and O–H groups in total. The summed E-state index contributed by atoms with van der Waals surface area (Å²) in [6, 6.07) is 15.3. The molecule has 0 saturated carbocycles. The van der Waals surface area contributed by atoms with Crippen molar-refractivity contribution in [3.8, 4) is 0 Å². The van der Waals surface area contributed by atoms with Crippen LogP contribution in [0.15, 0.2) is 57.9 Å². The molecule has 0 aromatic heterocycles. The first-order valence-corrected chi connectivity index (χ1v) is 8.14. The van der Waals surface area contributed by atoms with Crippen molar-refractivity contribution in [1.82, 2.24) is 0 Å². The topological polar surface area (TPSA) is 43.1 Å². The largest absolute Gasteiger partial charge is 0.323 e. The summed E-state index contributed by atoms with van der Waals surface area (Å²) in [6.45, 7) is 2.03. The van der Waals surface area contributed by atoms with Crippen molar-refractivity contribution in [2.75, 3.05) is 5.75 Å². The van der Waals surface area contributed by atoms with E-state index in [1.165, 1.54) is 0 Å². The molecule has 0 heterocycles. The maximum absolute atomic E-state index is 12.3. The molecule has 0 aliphatic rings. The number of nitrogens with two attached hydrogens (primary N) is 1. The van der Waals surface area contributed by atoms with Gasteiger partial charge in [0.1, 0.15) is 0 Å². The molecule has 2 nitrogen and oxygen atoms in total. The lowest BCUT2D eigenvalue weighted by atomic mass is 10.0. The van der Waals surface area contributed by atoms with E-state index in [1.54, 1.807) is 0 Å². The van der Waals surface area contributed by atoms with Crippen LogP contribution in [-0.4, -0.2) is 9.96 Å².